The second-order valence-corrected chi connectivity index (χ2v) is 11.1. The van der Waals surface area contributed by atoms with Crippen molar-refractivity contribution in [2.75, 3.05) is 98.0 Å². The number of sulfonamides is 1. The summed E-state index contributed by atoms with van der Waals surface area (Å²) >= 11 is 0. The van der Waals surface area contributed by atoms with Gasteiger partial charge in [-0.2, -0.15) is 0 Å². The number of aliphatic hydroxyl groups excluding tert-OH is 3. The van der Waals surface area contributed by atoms with Crippen LogP contribution >= 0.6 is 0 Å². The van der Waals surface area contributed by atoms with E-state index < -0.39 is 78.8 Å². The summed E-state index contributed by atoms with van der Waals surface area (Å²) in [5, 5.41) is 63.7. The maximum atomic E-state index is 11.8. The number of carboxylic acids is 3. The molecule has 4 N–H and O–H groups in total. The van der Waals surface area contributed by atoms with Gasteiger partial charge < -0.3 is 45.0 Å². The molecule has 0 aromatic carbocycles. The van der Waals surface area contributed by atoms with Crippen molar-refractivity contribution < 1.29 is 93.4 Å². The van der Waals surface area contributed by atoms with Crippen LogP contribution in [-0.4, -0.2) is 171 Å². The number of hydrogen-bond donors (Lipinski definition) is 4. The van der Waals surface area contributed by atoms with E-state index in [-0.39, 0.29) is 98.8 Å². The molecule has 1 heterocycles. The average Bonchev–Trinajstić information content (AvgIpc) is 2.79. The maximum absolute atomic E-state index is 11.8. The van der Waals surface area contributed by atoms with E-state index in [1.807, 2.05) is 0 Å². The Morgan fingerprint density at radius 3 is 1.31 bits per heavy atom. The van der Waals surface area contributed by atoms with Crippen molar-refractivity contribution in [2.45, 2.75) is 12.1 Å². The predicted octanol–water partition coefficient (Wildman–Crippen LogP) is -8.66. The SMILES string of the molecule is CS(=O)(=O)NC(C(O)CN1CCN(CC(=O)[O-])CCN(CC(=O)[O-])CCN(CC(=O)[O-])CC1)C(CO)CO.[Gd]. The van der Waals surface area contributed by atoms with E-state index in [9.17, 15) is 53.4 Å². The summed E-state index contributed by atoms with van der Waals surface area (Å²) < 4.78 is 25.9. The van der Waals surface area contributed by atoms with E-state index in [1.165, 1.54) is 14.7 Å². The number of rotatable bonds is 14. The summed E-state index contributed by atoms with van der Waals surface area (Å²) in [4.78, 5) is 39.9. The molecule has 1 aliphatic rings. The van der Waals surface area contributed by atoms with Gasteiger partial charge in [0.15, 0.2) is 0 Å². The van der Waals surface area contributed by atoms with E-state index in [0.29, 0.717) is 0 Å². The van der Waals surface area contributed by atoms with E-state index in [4.69, 9.17) is 0 Å². The molecule has 0 saturated carbocycles. The van der Waals surface area contributed by atoms with Gasteiger partial charge in [-0.1, -0.05) is 0 Å². The first-order valence-electron chi connectivity index (χ1n) is 12.1. The van der Waals surface area contributed by atoms with Crippen molar-refractivity contribution in [1.29, 1.82) is 0 Å². The van der Waals surface area contributed by atoms with Crippen LogP contribution in [0.25, 0.3) is 0 Å². The molecule has 0 aliphatic carbocycles. The van der Waals surface area contributed by atoms with Crippen LogP contribution < -0.4 is 20.0 Å². The summed E-state index contributed by atoms with van der Waals surface area (Å²) in [6, 6.07) is -1.24. The monoisotopic (exact) mass is 726 g/mol. The van der Waals surface area contributed by atoms with Crippen LogP contribution in [0.5, 0.6) is 0 Å². The number of β-amino-alcohol motifs (C(OH)–C–C–N with tert-alkyl or cyclic N) is 1. The normalized spacial score (nSPS) is 19.4. The Morgan fingerprint density at radius 1 is 0.744 bits per heavy atom. The van der Waals surface area contributed by atoms with Gasteiger partial charge in [-0.25, -0.2) is 13.1 Å². The minimum absolute atomic E-state index is 0. The van der Waals surface area contributed by atoms with Crippen molar-refractivity contribution in [3.8, 4) is 0 Å². The van der Waals surface area contributed by atoms with Crippen LogP contribution in [-0.2, 0) is 24.4 Å². The molecule has 2 atom stereocenters. The number of aliphatic carboxylic acids is 3. The van der Waals surface area contributed by atoms with Gasteiger partial charge >= 0.3 is 0 Å². The van der Waals surface area contributed by atoms with E-state index in [2.05, 4.69) is 4.72 Å². The largest absolute Gasteiger partial charge is 0.549 e. The molecule has 1 rings (SSSR count). The molecule has 0 spiro atoms. The third kappa shape index (κ3) is 17.0. The number of nitrogens with zero attached hydrogens (tertiary/aromatic N) is 4. The molecular formula is C21H38GdN5O11S-3. The Balaban J connectivity index is 0.0000144. The predicted molar refractivity (Wildman–Crippen MR) is 126 cm³/mol. The molecule has 18 heteroatoms. The van der Waals surface area contributed by atoms with Gasteiger partial charge in [0.2, 0.25) is 10.0 Å². The molecule has 2 unspecified atom stereocenters. The van der Waals surface area contributed by atoms with E-state index in [0.717, 1.165) is 6.26 Å². The smallest absolute Gasteiger partial charge is 0.209 e. The molecule has 0 bridgehead atoms. The quantitative estimate of drug-likeness (QED) is 0.130. The maximum Gasteiger partial charge on any atom is 0.209 e. The summed E-state index contributed by atoms with van der Waals surface area (Å²) in [7, 11) is -3.83. The minimum Gasteiger partial charge on any atom is -0.549 e. The van der Waals surface area contributed by atoms with Crippen molar-refractivity contribution in [2.24, 2.45) is 5.92 Å². The van der Waals surface area contributed by atoms with Gasteiger partial charge in [0, 0.05) is 138 Å². The molecular weight excluding hydrogens is 688 g/mol. The van der Waals surface area contributed by atoms with Crippen molar-refractivity contribution >= 4 is 27.9 Å². The zero-order valence-corrected chi connectivity index (χ0v) is 24.9. The number of nitrogens with one attached hydrogen (secondary N) is 1. The van der Waals surface area contributed by atoms with Gasteiger partial charge in [-0.3, -0.25) is 19.6 Å². The van der Waals surface area contributed by atoms with E-state index >= 15 is 0 Å². The number of aliphatic hydroxyl groups is 3. The third-order valence-electron chi connectivity index (χ3n) is 6.17. The fraction of sp³-hybridized carbons (Fsp3) is 0.857. The molecule has 1 saturated heterocycles. The number of carbonyl (C=O) groups is 3. The molecule has 1 aliphatic heterocycles. The molecule has 0 aromatic heterocycles. The topological polar surface area (TPSA) is 240 Å². The fourth-order valence-corrected chi connectivity index (χ4v) is 5.03. The first-order chi connectivity index (χ1) is 17.7. The van der Waals surface area contributed by atoms with Gasteiger partial charge in [-0.15, -0.1) is 0 Å². The van der Waals surface area contributed by atoms with Crippen LogP contribution in [0.2, 0.25) is 0 Å². The first-order valence-corrected chi connectivity index (χ1v) is 14.0. The first kappa shape index (κ1) is 38.4. The summed E-state index contributed by atoms with van der Waals surface area (Å²) in [5.41, 5.74) is 0. The van der Waals surface area contributed by atoms with Crippen molar-refractivity contribution in [1.82, 2.24) is 24.3 Å². The Morgan fingerprint density at radius 2 is 1.05 bits per heavy atom. The summed E-state index contributed by atoms with van der Waals surface area (Å²) in [6.07, 6.45) is -0.529. The number of hydrogen-bond acceptors (Lipinski definition) is 15. The number of carboxylic acid groups (broad SMARTS) is 3. The van der Waals surface area contributed by atoms with Gasteiger partial charge in [-0.05, 0) is 0 Å². The van der Waals surface area contributed by atoms with Crippen molar-refractivity contribution in [3.63, 3.8) is 0 Å². The van der Waals surface area contributed by atoms with Crippen LogP contribution in [0.4, 0.5) is 0 Å². The second kappa shape index (κ2) is 19.5. The molecule has 39 heavy (non-hydrogen) atoms. The molecule has 230 valence electrons. The Labute approximate surface area is 260 Å². The van der Waals surface area contributed by atoms with Crippen LogP contribution in [0, 0.1) is 45.9 Å². The zero-order chi connectivity index (χ0) is 28.9. The molecule has 0 radical (unpaired) electrons. The standard InChI is InChI=1S/C21H41N5O11S.Gd/c1-38(36,37)22-21(16(14-27)15-28)17(29)10-23-2-4-24(11-18(30)31)6-8-26(13-20(34)35)9-7-25(5-3-23)12-19(32)33;/h16-17,21-22,27-29H,2-15H2,1H3,(H,30,31)(H,32,33)(H,34,35);/p-3. The average molecular weight is 726 g/mol. The Bertz CT molecular complexity index is 833. The third-order valence-corrected chi connectivity index (χ3v) is 6.88. The summed E-state index contributed by atoms with van der Waals surface area (Å²) in [5.74, 6) is -5.04. The van der Waals surface area contributed by atoms with Crippen LogP contribution in [0.3, 0.4) is 0 Å². The number of carbonyl (C=O) groups excluding carboxylic acids is 3. The van der Waals surface area contributed by atoms with Crippen molar-refractivity contribution in [3.05, 3.63) is 0 Å². The second-order valence-electron chi connectivity index (χ2n) is 9.35. The molecule has 16 nitrogen and oxygen atoms in total. The van der Waals surface area contributed by atoms with Crippen LogP contribution in [0.15, 0.2) is 0 Å². The van der Waals surface area contributed by atoms with Gasteiger partial charge in [0.05, 0.1) is 36.3 Å². The van der Waals surface area contributed by atoms with Gasteiger partial charge in [0.1, 0.15) is 0 Å². The van der Waals surface area contributed by atoms with E-state index in [1.54, 1.807) is 4.90 Å². The summed E-state index contributed by atoms with van der Waals surface area (Å²) in [6.45, 7) is -1.47. The Hall–Kier alpha value is -0.635. The molecule has 0 aromatic rings. The molecule has 0 amide bonds. The fourth-order valence-electron chi connectivity index (χ4n) is 4.18. The zero-order valence-electron chi connectivity index (χ0n) is 21.8. The van der Waals surface area contributed by atoms with Crippen LogP contribution in [0.1, 0.15) is 0 Å². The van der Waals surface area contributed by atoms with Gasteiger partial charge in [0.25, 0.3) is 0 Å². The minimum atomic E-state index is -3.83. The molecule has 1 fully saturated rings. The Kier molecular flexibility index (Phi) is 19.2.